The largest absolute Gasteiger partial charge is 0.299 e. The number of anilines is 1. The lowest BCUT2D eigenvalue weighted by Gasteiger charge is -2.43. The molecule has 26 heavy (non-hydrogen) atoms. The average Bonchev–Trinajstić information content (AvgIpc) is 2.88. The van der Waals surface area contributed by atoms with Crippen LogP contribution in [0, 0.1) is 11.8 Å². The summed E-state index contributed by atoms with van der Waals surface area (Å²) >= 11 is 12.2. The van der Waals surface area contributed by atoms with Gasteiger partial charge in [0.05, 0.1) is 28.5 Å². The second-order valence-corrected chi connectivity index (χ2v) is 7.89. The summed E-state index contributed by atoms with van der Waals surface area (Å²) in [6, 6.07) is 12.3. The molecular weight excluding hydrogens is 373 g/mol. The average molecular weight is 386 g/mol. The molecule has 1 aliphatic heterocycles. The summed E-state index contributed by atoms with van der Waals surface area (Å²) in [6.07, 6.45) is 0.310. The zero-order chi connectivity index (χ0) is 18.2. The molecule has 2 aromatic rings. The maximum absolute atomic E-state index is 13.2. The molecular formula is C20H13Cl2NO3. The summed E-state index contributed by atoms with van der Waals surface area (Å²) in [5, 5.41) is 0.673. The number of imide groups is 1. The Morgan fingerprint density at radius 2 is 1.58 bits per heavy atom. The Bertz CT molecular complexity index is 1000. The first-order valence-corrected chi connectivity index (χ1v) is 9.19. The molecule has 2 amide bonds. The first-order chi connectivity index (χ1) is 12.5. The van der Waals surface area contributed by atoms with Gasteiger partial charge < -0.3 is 0 Å². The molecule has 0 N–H and O–H groups in total. The Morgan fingerprint density at radius 3 is 2.31 bits per heavy atom. The summed E-state index contributed by atoms with van der Waals surface area (Å²) < 4.78 is 0. The minimum atomic E-state index is -0.643. The van der Waals surface area contributed by atoms with Crippen molar-refractivity contribution in [2.45, 2.75) is 18.3 Å². The van der Waals surface area contributed by atoms with Crippen LogP contribution in [0.3, 0.4) is 0 Å². The lowest BCUT2D eigenvalue weighted by Crippen LogP contribution is -2.44. The van der Waals surface area contributed by atoms with Crippen molar-refractivity contribution in [3.63, 3.8) is 0 Å². The van der Waals surface area contributed by atoms with Gasteiger partial charge in [-0.3, -0.25) is 14.4 Å². The van der Waals surface area contributed by atoms with Gasteiger partial charge in [0, 0.05) is 17.4 Å². The quantitative estimate of drug-likeness (QED) is 0.698. The van der Waals surface area contributed by atoms with Gasteiger partial charge in [-0.1, -0.05) is 47.5 Å². The van der Waals surface area contributed by atoms with Crippen molar-refractivity contribution >= 4 is 46.5 Å². The van der Waals surface area contributed by atoms with Crippen molar-refractivity contribution in [2.75, 3.05) is 4.90 Å². The van der Waals surface area contributed by atoms with Gasteiger partial charge in [0.15, 0.2) is 0 Å². The summed E-state index contributed by atoms with van der Waals surface area (Å²) in [5.74, 6) is -2.53. The minimum Gasteiger partial charge on any atom is -0.299 e. The molecule has 0 unspecified atom stereocenters. The monoisotopic (exact) mass is 385 g/mol. The number of hydrogen-bond acceptors (Lipinski definition) is 3. The third-order valence-corrected chi connectivity index (χ3v) is 6.38. The number of Topliss-reactive ketones (excluding diaryl/α,β-unsaturated/α-hetero) is 1. The molecule has 130 valence electrons. The highest BCUT2D eigenvalue weighted by Gasteiger charge is 2.62. The lowest BCUT2D eigenvalue weighted by atomic mass is 9.56. The highest BCUT2D eigenvalue weighted by molar-refractivity contribution is 6.38. The molecule has 0 radical (unpaired) electrons. The van der Waals surface area contributed by atoms with Crippen LogP contribution >= 0.6 is 23.2 Å². The lowest BCUT2D eigenvalue weighted by molar-refractivity contribution is -0.134. The fourth-order valence-corrected chi connectivity index (χ4v) is 5.35. The zero-order valence-electron chi connectivity index (χ0n) is 13.5. The fourth-order valence-electron chi connectivity index (χ4n) is 4.86. The number of rotatable bonds is 1. The number of hydrogen-bond donors (Lipinski definition) is 0. The molecule has 4 aliphatic rings. The van der Waals surface area contributed by atoms with Crippen molar-refractivity contribution in [3.8, 4) is 0 Å². The maximum atomic E-state index is 13.2. The van der Waals surface area contributed by atoms with Crippen LogP contribution in [-0.4, -0.2) is 17.6 Å². The molecule has 0 spiro atoms. The van der Waals surface area contributed by atoms with Crippen molar-refractivity contribution in [1.82, 2.24) is 0 Å². The maximum Gasteiger partial charge on any atom is 0.238 e. The molecule has 6 rings (SSSR count). The van der Waals surface area contributed by atoms with Gasteiger partial charge in [-0.15, -0.1) is 0 Å². The van der Waals surface area contributed by atoms with Crippen LogP contribution in [-0.2, 0) is 14.4 Å². The van der Waals surface area contributed by atoms with Gasteiger partial charge in [-0.2, -0.15) is 0 Å². The van der Waals surface area contributed by atoms with Crippen LogP contribution in [0.25, 0.3) is 0 Å². The van der Waals surface area contributed by atoms with E-state index in [-0.39, 0.29) is 28.5 Å². The topological polar surface area (TPSA) is 54.5 Å². The van der Waals surface area contributed by atoms with Gasteiger partial charge >= 0.3 is 0 Å². The van der Waals surface area contributed by atoms with Crippen molar-refractivity contribution in [1.29, 1.82) is 0 Å². The number of fused-ring (bicyclic) bond motifs is 1. The summed E-state index contributed by atoms with van der Waals surface area (Å²) in [6.45, 7) is 0. The molecule has 4 atom stereocenters. The number of nitrogens with zero attached hydrogens (tertiary/aromatic N) is 1. The van der Waals surface area contributed by atoms with E-state index in [1.807, 2.05) is 24.3 Å². The molecule has 3 aliphatic carbocycles. The number of carbonyl (C=O) groups is 3. The van der Waals surface area contributed by atoms with Gasteiger partial charge in [-0.05, 0) is 29.3 Å². The van der Waals surface area contributed by atoms with Crippen LogP contribution in [0.1, 0.15) is 29.4 Å². The molecule has 0 aromatic heterocycles. The van der Waals surface area contributed by atoms with Gasteiger partial charge in [0.1, 0.15) is 5.78 Å². The Balaban J connectivity index is 1.66. The van der Waals surface area contributed by atoms with Crippen LogP contribution in [0.5, 0.6) is 0 Å². The molecule has 2 fully saturated rings. The second kappa shape index (κ2) is 5.41. The van der Waals surface area contributed by atoms with E-state index in [4.69, 9.17) is 23.2 Å². The van der Waals surface area contributed by atoms with E-state index in [0.717, 1.165) is 16.0 Å². The van der Waals surface area contributed by atoms with Gasteiger partial charge in [-0.25, -0.2) is 4.90 Å². The predicted molar refractivity (Wildman–Crippen MR) is 97.5 cm³/mol. The molecule has 1 saturated heterocycles. The van der Waals surface area contributed by atoms with E-state index >= 15 is 0 Å². The van der Waals surface area contributed by atoms with Crippen molar-refractivity contribution in [2.24, 2.45) is 11.8 Å². The van der Waals surface area contributed by atoms with E-state index in [2.05, 4.69) is 0 Å². The summed E-state index contributed by atoms with van der Waals surface area (Å²) in [4.78, 5) is 40.2. The van der Waals surface area contributed by atoms with E-state index in [0.29, 0.717) is 17.1 Å². The summed E-state index contributed by atoms with van der Waals surface area (Å²) in [5.41, 5.74) is 2.24. The Morgan fingerprint density at radius 1 is 0.885 bits per heavy atom. The van der Waals surface area contributed by atoms with Crippen LogP contribution in [0.15, 0.2) is 42.5 Å². The van der Waals surface area contributed by atoms with E-state index in [9.17, 15) is 14.4 Å². The molecule has 4 nitrogen and oxygen atoms in total. The predicted octanol–water partition coefficient (Wildman–Crippen LogP) is 3.95. The minimum absolute atomic E-state index is 0.0418. The smallest absolute Gasteiger partial charge is 0.238 e. The Hall–Kier alpha value is -2.17. The van der Waals surface area contributed by atoms with Crippen LogP contribution in [0.2, 0.25) is 10.0 Å². The normalized spacial score (nSPS) is 29.2. The molecule has 6 heteroatoms. The van der Waals surface area contributed by atoms with Gasteiger partial charge in [0.2, 0.25) is 11.8 Å². The molecule has 1 heterocycles. The Kier molecular flexibility index (Phi) is 3.34. The van der Waals surface area contributed by atoms with Crippen LogP contribution < -0.4 is 4.90 Å². The number of amides is 2. The first kappa shape index (κ1) is 16.0. The van der Waals surface area contributed by atoms with E-state index in [1.165, 1.54) is 6.07 Å². The van der Waals surface area contributed by atoms with Crippen LogP contribution in [0.4, 0.5) is 5.69 Å². The molecule has 2 aromatic carbocycles. The standard InChI is InChI=1S/C20H13Cl2NO3/c21-9-5-6-14(13(22)7-9)23-19(25)17-12-8-15(24)16(18(17)20(23)26)11-4-2-1-3-10(11)12/h1-7,12,16-18H,8H2/t12-,16+,17-,18-/m1/s1. The molecule has 1 saturated carbocycles. The highest BCUT2D eigenvalue weighted by atomic mass is 35.5. The zero-order valence-corrected chi connectivity index (χ0v) is 15.0. The highest BCUT2D eigenvalue weighted by Crippen LogP contribution is 2.58. The third kappa shape index (κ3) is 1.94. The third-order valence-electron chi connectivity index (χ3n) is 5.84. The van der Waals surface area contributed by atoms with E-state index in [1.54, 1.807) is 12.1 Å². The number of halogens is 2. The fraction of sp³-hybridized carbons (Fsp3) is 0.250. The summed E-state index contributed by atoms with van der Waals surface area (Å²) in [7, 11) is 0. The van der Waals surface area contributed by atoms with Crippen molar-refractivity contribution < 1.29 is 14.4 Å². The second-order valence-electron chi connectivity index (χ2n) is 7.04. The number of benzene rings is 2. The number of carbonyl (C=O) groups excluding carboxylic acids is 3. The SMILES string of the molecule is O=C1C[C@@H]2c3ccccc3[C@@H]1[C@H]1C(=O)N(c3ccc(Cl)cc3Cl)C(=O)[C@@H]12. The van der Waals surface area contributed by atoms with Crippen molar-refractivity contribution in [3.05, 3.63) is 63.6 Å². The molecule has 2 bridgehead atoms. The Labute approximate surface area is 159 Å². The first-order valence-electron chi connectivity index (χ1n) is 8.43. The van der Waals surface area contributed by atoms with E-state index < -0.39 is 17.8 Å². The number of ketones is 1. The van der Waals surface area contributed by atoms with Gasteiger partial charge in [0.25, 0.3) is 0 Å².